The van der Waals surface area contributed by atoms with E-state index in [2.05, 4.69) is 10.5 Å². The summed E-state index contributed by atoms with van der Waals surface area (Å²) in [6.07, 6.45) is 1.37. The zero-order valence-electron chi connectivity index (χ0n) is 15.8. The summed E-state index contributed by atoms with van der Waals surface area (Å²) in [5.41, 5.74) is 2.50. The Morgan fingerprint density at radius 1 is 1.14 bits per heavy atom. The molecule has 0 fully saturated rings. The Hall–Kier alpha value is -3.53. The van der Waals surface area contributed by atoms with E-state index in [0.29, 0.717) is 22.8 Å². The Balaban J connectivity index is 2.01. The normalized spacial score (nSPS) is 10.5. The number of nitrogens with one attached hydrogen (secondary N) is 1. The number of hydrogen-bond donors (Lipinski definition) is 1. The average Bonchev–Trinajstić information content (AvgIpc) is 2.71. The van der Waals surface area contributed by atoms with Crippen LogP contribution in [0.1, 0.15) is 5.56 Å². The summed E-state index contributed by atoms with van der Waals surface area (Å²) in [5.74, 6) is 0.589. The molecule has 0 saturated carbocycles. The number of carbonyl (C=O) groups excluding carboxylic acids is 1. The van der Waals surface area contributed by atoms with Crippen molar-refractivity contribution in [1.82, 2.24) is 5.43 Å². The molecule has 2 aromatic rings. The summed E-state index contributed by atoms with van der Waals surface area (Å²) in [4.78, 5) is 22.2. The molecule has 0 bridgehead atoms. The number of amides is 1. The lowest BCUT2D eigenvalue weighted by Crippen LogP contribution is -2.24. The number of hydrogen-bond acceptors (Lipinski definition) is 8. The second-order valence-corrected chi connectivity index (χ2v) is 5.85. The summed E-state index contributed by atoms with van der Waals surface area (Å²) in [5, 5.41) is 15.0. The van der Waals surface area contributed by atoms with Gasteiger partial charge in [0.2, 0.25) is 5.75 Å². The Labute approximate surface area is 171 Å². The molecule has 1 amide bonds. The van der Waals surface area contributed by atoms with Crippen LogP contribution in [0.5, 0.6) is 23.0 Å². The molecule has 0 radical (unpaired) electrons. The lowest BCUT2D eigenvalue weighted by atomic mass is 10.2. The van der Waals surface area contributed by atoms with Crippen molar-refractivity contribution in [3.8, 4) is 23.0 Å². The number of nitrogens with zero attached hydrogens (tertiary/aromatic N) is 2. The molecule has 0 unspecified atom stereocenters. The monoisotopic (exact) mass is 423 g/mol. The first-order valence-electron chi connectivity index (χ1n) is 8.08. The van der Waals surface area contributed by atoms with Crippen LogP contribution in [0.3, 0.4) is 0 Å². The van der Waals surface area contributed by atoms with Gasteiger partial charge in [-0.3, -0.25) is 14.9 Å². The smallest absolute Gasteiger partial charge is 0.312 e. The molecule has 0 heterocycles. The van der Waals surface area contributed by atoms with Crippen LogP contribution in [0.4, 0.5) is 5.69 Å². The van der Waals surface area contributed by atoms with Crippen LogP contribution >= 0.6 is 11.6 Å². The topological polar surface area (TPSA) is 122 Å². The van der Waals surface area contributed by atoms with E-state index in [4.69, 9.17) is 30.5 Å². The van der Waals surface area contributed by atoms with Crippen molar-refractivity contribution in [3.05, 3.63) is 51.0 Å². The van der Waals surface area contributed by atoms with Crippen LogP contribution < -0.4 is 24.4 Å². The van der Waals surface area contributed by atoms with E-state index in [1.807, 2.05) is 0 Å². The molecule has 0 aliphatic carbocycles. The van der Waals surface area contributed by atoms with Crippen LogP contribution in [-0.4, -0.2) is 45.0 Å². The molecule has 0 aliphatic rings. The van der Waals surface area contributed by atoms with Crippen molar-refractivity contribution >= 4 is 29.4 Å². The number of rotatable bonds is 9. The molecule has 154 valence electrons. The summed E-state index contributed by atoms with van der Waals surface area (Å²) < 4.78 is 20.9. The largest absolute Gasteiger partial charge is 0.493 e. The van der Waals surface area contributed by atoms with E-state index in [1.165, 1.54) is 39.7 Å². The number of carbonyl (C=O) groups is 1. The number of methoxy groups -OCH3 is 3. The number of nitro groups is 1. The van der Waals surface area contributed by atoms with Gasteiger partial charge in [0.25, 0.3) is 5.91 Å². The standard InChI is InChI=1S/C18H18ClN3O7/c1-26-15-6-11(7-16(27-2)18(15)28-3)9-20-21-17(23)10-29-14-5-4-12(19)8-13(14)22(24)25/h4-9H,10H2,1-3H3,(H,21,23)/b20-9-. The van der Waals surface area contributed by atoms with Gasteiger partial charge in [0, 0.05) is 16.7 Å². The first-order valence-corrected chi connectivity index (χ1v) is 8.46. The van der Waals surface area contributed by atoms with Gasteiger partial charge in [-0.2, -0.15) is 5.10 Å². The van der Waals surface area contributed by atoms with Crippen LogP contribution in [0, 0.1) is 10.1 Å². The number of ether oxygens (including phenoxy) is 4. The van der Waals surface area contributed by atoms with E-state index >= 15 is 0 Å². The Morgan fingerprint density at radius 3 is 2.34 bits per heavy atom. The number of hydrazone groups is 1. The minimum absolute atomic E-state index is 0.0804. The van der Waals surface area contributed by atoms with Gasteiger partial charge in [0.15, 0.2) is 23.9 Å². The van der Waals surface area contributed by atoms with Crippen molar-refractivity contribution in [2.45, 2.75) is 0 Å². The molecular formula is C18H18ClN3O7. The maximum atomic E-state index is 11.9. The molecule has 0 atom stereocenters. The van der Waals surface area contributed by atoms with Gasteiger partial charge in [0.05, 0.1) is 32.5 Å². The summed E-state index contributed by atoms with van der Waals surface area (Å²) in [6, 6.07) is 7.16. The Morgan fingerprint density at radius 2 is 1.79 bits per heavy atom. The van der Waals surface area contributed by atoms with Gasteiger partial charge in [0.1, 0.15) is 0 Å². The fraction of sp³-hybridized carbons (Fsp3) is 0.222. The summed E-state index contributed by atoms with van der Waals surface area (Å²) in [7, 11) is 4.44. The lowest BCUT2D eigenvalue weighted by Gasteiger charge is -2.12. The third kappa shape index (κ3) is 5.72. The predicted octanol–water partition coefficient (Wildman–Crippen LogP) is 2.80. The van der Waals surface area contributed by atoms with Crippen molar-refractivity contribution in [1.29, 1.82) is 0 Å². The third-order valence-electron chi connectivity index (χ3n) is 3.57. The molecule has 0 aromatic heterocycles. The van der Waals surface area contributed by atoms with Gasteiger partial charge in [-0.1, -0.05) is 11.6 Å². The number of nitro benzene ring substituents is 1. The number of benzene rings is 2. The second-order valence-electron chi connectivity index (χ2n) is 5.41. The van der Waals surface area contributed by atoms with Crippen molar-refractivity contribution in [2.75, 3.05) is 27.9 Å². The maximum Gasteiger partial charge on any atom is 0.312 e. The minimum Gasteiger partial charge on any atom is -0.493 e. The molecule has 0 aliphatic heterocycles. The lowest BCUT2D eigenvalue weighted by molar-refractivity contribution is -0.385. The van der Waals surface area contributed by atoms with E-state index in [0.717, 1.165) is 6.07 Å². The van der Waals surface area contributed by atoms with Crippen molar-refractivity contribution in [3.63, 3.8) is 0 Å². The molecule has 11 heteroatoms. The van der Waals surface area contributed by atoms with Gasteiger partial charge in [-0.15, -0.1) is 0 Å². The zero-order valence-corrected chi connectivity index (χ0v) is 16.6. The van der Waals surface area contributed by atoms with Gasteiger partial charge < -0.3 is 18.9 Å². The van der Waals surface area contributed by atoms with Crippen LogP contribution in [0.15, 0.2) is 35.4 Å². The van der Waals surface area contributed by atoms with E-state index < -0.39 is 17.4 Å². The minimum atomic E-state index is -0.651. The molecule has 29 heavy (non-hydrogen) atoms. The first kappa shape index (κ1) is 21.8. The predicted molar refractivity (Wildman–Crippen MR) is 105 cm³/mol. The highest BCUT2D eigenvalue weighted by Gasteiger charge is 2.17. The highest BCUT2D eigenvalue weighted by atomic mass is 35.5. The Kier molecular flexibility index (Phi) is 7.61. The van der Waals surface area contributed by atoms with E-state index in [-0.39, 0.29) is 16.5 Å². The van der Waals surface area contributed by atoms with Crippen molar-refractivity contribution < 1.29 is 28.7 Å². The van der Waals surface area contributed by atoms with Gasteiger partial charge in [-0.25, -0.2) is 5.43 Å². The highest BCUT2D eigenvalue weighted by Crippen LogP contribution is 2.37. The molecular weight excluding hydrogens is 406 g/mol. The molecule has 1 N–H and O–H groups in total. The summed E-state index contributed by atoms with van der Waals surface area (Å²) in [6.45, 7) is -0.477. The highest BCUT2D eigenvalue weighted by molar-refractivity contribution is 6.30. The third-order valence-corrected chi connectivity index (χ3v) is 3.80. The van der Waals surface area contributed by atoms with E-state index in [9.17, 15) is 14.9 Å². The van der Waals surface area contributed by atoms with Crippen molar-refractivity contribution in [2.24, 2.45) is 5.10 Å². The van der Waals surface area contributed by atoms with Crippen LogP contribution in [0.2, 0.25) is 5.02 Å². The van der Waals surface area contributed by atoms with Crippen LogP contribution in [-0.2, 0) is 4.79 Å². The second kappa shape index (κ2) is 10.1. The van der Waals surface area contributed by atoms with Gasteiger partial charge >= 0.3 is 5.69 Å². The molecule has 10 nitrogen and oxygen atoms in total. The average molecular weight is 424 g/mol. The molecule has 0 spiro atoms. The van der Waals surface area contributed by atoms with Crippen LogP contribution in [0.25, 0.3) is 0 Å². The quantitative estimate of drug-likeness (QED) is 0.374. The van der Waals surface area contributed by atoms with E-state index in [1.54, 1.807) is 12.1 Å². The molecule has 2 aromatic carbocycles. The zero-order chi connectivity index (χ0) is 21.4. The molecule has 0 saturated heterocycles. The van der Waals surface area contributed by atoms with Gasteiger partial charge in [-0.05, 0) is 24.3 Å². The summed E-state index contributed by atoms with van der Waals surface area (Å²) >= 11 is 5.73. The number of halogens is 1. The fourth-order valence-corrected chi connectivity index (χ4v) is 2.45. The molecule has 2 rings (SSSR count). The first-order chi connectivity index (χ1) is 13.9. The maximum absolute atomic E-state index is 11.9. The SMILES string of the molecule is COc1cc(/C=N\NC(=O)COc2ccc(Cl)cc2[N+](=O)[O-])cc(OC)c1OC. The fourth-order valence-electron chi connectivity index (χ4n) is 2.29. The Bertz CT molecular complexity index is 909.